The predicted molar refractivity (Wildman–Crippen MR) is 96.3 cm³/mol. The molecule has 3 aromatic rings. The molecule has 7 heteroatoms. The molecule has 1 aromatic heterocycles. The molecular weight excluding hydrogens is 350 g/mol. The summed E-state index contributed by atoms with van der Waals surface area (Å²) in [7, 11) is 0. The number of hydrogen-bond acceptors (Lipinski definition) is 6. The lowest BCUT2D eigenvalue weighted by Gasteiger charge is -1.97. The van der Waals surface area contributed by atoms with Gasteiger partial charge in [0.1, 0.15) is 5.75 Å². The Balaban J connectivity index is 1.65. The predicted octanol–water partition coefficient (Wildman–Crippen LogP) is 4.94. The number of nitrogens with zero attached hydrogens (tertiary/aromatic N) is 3. The van der Waals surface area contributed by atoms with E-state index >= 15 is 0 Å². The van der Waals surface area contributed by atoms with Gasteiger partial charge in [-0.05, 0) is 23.8 Å². The maximum atomic E-state index is 9.74. The minimum Gasteiger partial charge on any atom is -0.507 e. The van der Waals surface area contributed by atoms with Crippen LogP contribution in [0.25, 0.3) is 0 Å². The van der Waals surface area contributed by atoms with Gasteiger partial charge in [-0.25, -0.2) is 4.99 Å². The van der Waals surface area contributed by atoms with Crippen LogP contribution in [-0.2, 0) is 5.75 Å². The maximum Gasteiger partial charge on any atom is 0.232 e. The van der Waals surface area contributed by atoms with Gasteiger partial charge in [0.15, 0.2) is 4.34 Å². The average molecular weight is 362 g/mol. The molecule has 0 aliphatic rings. The summed E-state index contributed by atoms with van der Waals surface area (Å²) in [6.45, 7) is 0. The van der Waals surface area contributed by atoms with E-state index in [1.165, 1.54) is 29.2 Å². The van der Waals surface area contributed by atoms with Gasteiger partial charge >= 0.3 is 0 Å². The summed E-state index contributed by atoms with van der Waals surface area (Å²) in [6, 6.07) is 15.0. The Morgan fingerprint density at radius 1 is 1.17 bits per heavy atom. The third kappa shape index (κ3) is 4.54. The fourth-order valence-electron chi connectivity index (χ4n) is 1.79. The van der Waals surface area contributed by atoms with Crippen molar-refractivity contribution in [3.63, 3.8) is 0 Å². The van der Waals surface area contributed by atoms with Crippen LogP contribution in [0.1, 0.15) is 11.1 Å². The number of aromatic nitrogens is 2. The number of thioether (sulfide) groups is 1. The van der Waals surface area contributed by atoms with Gasteiger partial charge in [-0.15, -0.1) is 10.2 Å². The molecule has 0 saturated carbocycles. The van der Waals surface area contributed by atoms with Gasteiger partial charge in [-0.1, -0.05) is 65.0 Å². The number of aliphatic imine (C=N–C) groups is 1. The quantitative estimate of drug-likeness (QED) is 0.516. The van der Waals surface area contributed by atoms with Crippen molar-refractivity contribution in [1.29, 1.82) is 0 Å². The highest BCUT2D eigenvalue weighted by molar-refractivity contribution is 8.00. The molecule has 0 radical (unpaired) electrons. The van der Waals surface area contributed by atoms with E-state index in [0.717, 1.165) is 10.1 Å². The Bertz CT molecular complexity index is 821. The van der Waals surface area contributed by atoms with Crippen LogP contribution in [-0.4, -0.2) is 21.5 Å². The van der Waals surface area contributed by atoms with E-state index in [-0.39, 0.29) is 5.75 Å². The van der Waals surface area contributed by atoms with Crippen molar-refractivity contribution in [3.05, 3.63) is 64.7 Å². The van der Waals surface area contributed by atoms with Crippen LogP contribution in [0.2, 0.25) is 5.02 Å². The van der Waals surface area contributed by atoms with E-state index in [4.69, 9.17) is 11.6 Å². The second kappa shape index (κ2) is 7.59. The smallest absolute Gasteiger partial charge is 0.232 e. The van der Waals surface area contributed by atoms with Crippen LogP contribution in [0.3, 0.4) is 0 Å². The van der Waals surface area contributed by atoms with Crippen molar-refractivity contribution in [3.8, 4) is 5.75 Å². The van der Waals surface area contributed by atoms with Gasteiger partial charge in [0.05, 0.1) is 0 Å². The van der Waals surface area contributed by atoms with Crippen LogP contribution in [0.5, 0.6) is 5.75 Å². The molecule has 23 heavy (non-hydrogen) atoms. The lowest BCUT2D eigenvalue weighted by Crippen LogP contribution is -1.81. The highest BCUT2D eigenvalue weighted by Crippen LogP contribution is 2.30. The summed E-state index contributed by atoms with van der Waals surface area (Å²) in [5, 5.41) is 19.0. The summed E-state index contributed by atoms with van der Waals surface area (Å²) in [4.78, 5) is 4.24. The second-order valence-corrected chi connectivity index (χ2v) is 7.20. The van der Waals surface area contributed by atoms with E-state index in [0.29, 0.717) is 15.7 Å². The number of phenolic OH excluding ortho intramolecular Hbond substituents is 1. The van der Waals surface area contributed by atoms with Crippen molar-refractivity contribution < 1.29 is 5.11 Å². The van der Waals surface area contributed by atoms with Crippen LogP contribution in [0, 0.1) is 0 Å². The Labute approximate surface area is 146 Å². The summed E-state index contributed by atoms with van der Waals surface area (Å²) in [5.41, 5.74) is 1.78. The molecule has 1 heterocycles. The van der Waals surface area contributed by atoms with E-state index in [2.05, 4.69) is 27.3 Å². The van der Waals surface area contributed by atoms with Crippen molar-refractivity contribution in [2.75, 3.05) is 0 Å². The molecular formula is C16H12ClN3OS2. The number of aromatic hydroxyl groups is 1. The average Bonchev–Trinajstić information content (AvgIpc) is 3.03. The fourth-order valence-corrected chi connectivity index (χ4v) is 3.61. The van der Waals surface area contributed by atoms with Gasteiger partial charge < -0.3 is 5.11 Å². The molecule has 0 spiro atoms. The molecule has 1 N–H and O–H groups in total. The van der Waals surface area contributed by atoms with Crippen LogP contribution >= 0.6 is 34.7 Å². The third-order valence-corrected chi connectivity index (χ3v) is 5.18. The normalized spacial score (nSPS) is 11.2. The number of rotatable bonds is 5. The van der Waals surface area contributed by atoms with Gasteiger partial charge in [0.2, 0.25) is 5.13 Å². The Morgan fingerprint density at radius 2 is 2.00 bits per heavy atom. The summed E-state index contributed by atoms with van der Waals surface area (Å²) >= 11 is 8.93. The summed E-state index contributed by atoms with van der Waals surface area (Å²) in [6.07, 6.45) is 1.54. The largest absolute Gasteiger partial charge is 0.507 e. The minimum absolute atomic E-state index is 0.126. The monoisotopic (exact) mass is 361 g/mol. The van der Waals surface area contributed by atoms with Gasteiger partial charge in [-0.2, -0.15) is 0 Å². The Kier molecular flexibility index (Phi) is 5.27. The van der Waals surface area contributed by atoms with Crippen LogP contribution < -0.4 is 0 Å². The highest BCUT2D eigenvalue weighted by atomic mass is 35.5. The summed E-state index contributed by atoms with van der Waals surface area (Å²) in [5.74, 6) is 0.968. The number of phenols is 1. The van der Waals surface area contributed by atoms with E-state index < -0.39 is 0 Å². The van der Waals surface area contributed by atoms with Crippen LogP contribution in [0.4, 0.5) is 5.13 Å². The van der Waals surface area contributed by atoms with Crippen LogP contribution in [0.15, 0.2) is 57.9 Å². The molecule has 0 saturated heterocycles. The molecule has 0 fully saturated rings. The highest BCUT2D eigenvalue weighted by Gasteiger charge is 2.05. The van der Waals surface area contributed by atoms with Gasteiger partial charge in [0.25, 0.3) is 0 Å². The van der Waals surface area contributed by atoms with Crippen molar-refractivity contribution in [1.82, 2.24) is 10.2 Å². The lowest BCUT2D eigenvalue weighted by molar-refractivity contribution is 0.474. The van der Waals surface area contributed by atoms with Crippen molar-refractivity contribution in [2.24, 2.45) is 4.99 Å². The molecule has 4 nitrogen and oxygen atoms in total. The van der Waals surface area contributed by atoms with Crippen molar-refractivity contribution in [2.45, 2.75) is 10.1 Å². The molecule has 116 valence electrons. The first-order valence-corrected chi connectivity index (χ1v) is 8.91. The Morgan fingerprint density at radius 3 is 2.83 bits per heavy atom. The minimum atomic E-state index is 0.126. The molecule has 3 rings (SSSR count). The van der Waals surface area contributed by atoms with E-state index in [1.54, 1.807) is 23.9 Å². The topological polar surface area (TPSA) is 58.4 Å². The lowest BCUT2D eigenvalue weighted by atomic mass is 10.2. The third-order valence-electron chi connectivity index (χ3n) is 2.90. The van der Waals surface area contributed by atoms with Gasteiger partial charge in [0, 0.05) is 22.6 Å². The molecule has 0 aliphatic heterocycles. The first kappa shape index (κ1) is 16.0. The molecule has 0 unspecified atom stereocenters. The summed E-state index contributed by atoms with van der Waals surface area (Å²) < 4.78 is 0.858. The second-order valence-electron chi connectivity index (χ2n) is 4.59. The zero-order chi connectivity index (χ0) is 16.1. The van der Waals surface area contributed by atoms with E-state index in [1.807, 2.05) is 18.2 Å². The number of benzene rings is 2. The fraction of sp³-hybridized carbons (Fsp3) is 0.0625. The zero-order valence-corrected chi connectivity index (χ0v) is 14.3. The number of halogens is 1. The SMILES string of the molecule is Oc1ccc(Cl)cc1/C=N/c1nnc(SCc2ccccc2)s1. The molecule has 0 amide bonds. The molecule has 0 aliphatic carbocycles. The molecule has 2 aromatic carbocycles. The van der Waals surface area contributed by atoms with E-state index in [9.17, 15) is 5.11 Å². The first-order valence-electron chi connectivity index (χ1n) is 6.73. The molecule has 0 atom stereocenters. The first-order chi connectivity index (χ1) is 11.2. The Hall–Kier alpha value is -1.89. The zero-order valence-electron chi connectivity index (χ0n) is 11.9. The van der Waals surface area contributed by atoms with Crippen molar-refractivity contribution >= 4 is 46.0 Å². The number of hydrogen-bond donors (Lipinski definition) is 1. The maximum absolute atomic E-state index is 9.74. The molecule has 0 bridgehead atoms. The van der Waals surface area contributed by atoms with Gasteiger partial charge in [-0.3, -0.25) is 0 Å². The standard InChI is InChI=1S/C16H12ClN3OS2/c17-13-6-7-14(21)12(8-13)9-18-15-19-20-16(23-15)22-10-11-4-2-1-3-5-11/h1-9,21H,10H2/b18-9+.